The van der Waals surface area contributed by atoms with Crippen LogP contribution in [0.2, 0.25) is 5.02 Å². The zero-order valence-corrected chi connectivity index (χ0v) is 17.9. The van der Waals surface area contributed by atoms with Crippen molar-refractivity contribution in [1.82, 2.24) is 24.5 Å². The number of nitrogens with one attached hydrogen (secondary N) is 1. The molecular formula is C21H15ClN10O. The van der Waals surface area contributed by atoms with Crippen LogP contribution in [0.3, 0.4) is 0 Å². The Kier molecular flexibility index (Phi) is 5.48. The maximum atomic E-state index is 13.5. The minimum Gasteiger partial charge on any atom is -0.382 e. The van der Waals surface area contributed by atoms with E-state index in [1.54, 1.807) is 25.1 Å². The molecule has 0 aliphatic heterocycles. The molecule has 1 atom stereocenters. The van der Waals surface area contributed by atoms with Crippen molar-refractivity contribution in [3.8, 4) is 17.8 Å². The van der Waals surface area contributed by atoms with Gasteiger partial charge in [-0.3, -0.25) is 14.3 Å². The molecule has 162 valence electrons. The van der Waals surface area contributed by atoms with E-state index >= 15 is 0 Å². The van der Waals surface area contributed by atoms with Gasteiger partial charge in [-0.05, 0) is 25.1 Å². The number of hydrogen-bond donors (Lipinski definition) is 3. The van der Waals surface area contributed by atoms with E-state index in [4.69, 9.17) is 23.1 Å². The largest absolute Gasteiger partial charge is 0.382 e. The summed E-state index contributed by atoms with van der Waals surface area (Å²) < 4.78 is 1.31. The van der Waals surface area contributed by atoms with E-state index in [-0.39, 0.29) is 44.9 Å². The SMILES string of the molecule is C[C@H](Nc1nc(N)nc(N)c1C#N)c1nc2cccc(Cl)c2c(=O)n1-c1cncc(C#N)c1. The molecule has 0 spiro atoms. The molecule has 5 N–H and O–H groups in total. The van der Waals surface area contributed by atoms with Gasteiger partial charge >= 0.3 is 0 Å². The van der Waals surface area contributed by atoms with E-state index in [0.29, 0.717) is 11.2 Å². The van der Waals surface area contributed by atoms with Crippen molar-refractivity contribution in [1.29, 1.82) is 10.5 Å². The molecule has 0 bridgehead atoms. The number of nitrogens with zero attached hydrogens (tertiary/aromatic N) is 7. The Morgan fingerprint density at radius 2 is 1.94 bits per heavy atom. The third-order valence-electron chi connectivity index (χ3n) is 4.79. The quantitative estimate of drug-likeness (QED) is 0.409. The fourth-order valence-corrected chi connectivity index (χ4v) is 3.59. The molecule has 0 aliphatic rings. The molecule has 3 heterocycles. The van der Waals surface area contributed by atoms with Crippen LogP contribution in [-0.4, -0.2) is 24.5 Å². The number of halogens is 1. The van der Waals surface area contributed by atoms with Gasteiger partial charge in [0, 0.05) is 6.20 Å². The molecule has 0 aliphatic carbocycles. The van der Waals surface area contributed by atoms with Gasteiger partial charge in [0.15, 0.2) is 5.82 Å². The Hall–Kier alpha value is -4.74. The van der Waals surface area contributed by atoms with Gasteiger partial charge in [-0.25, -0.2) is 4.98 Å². The van der Waals surface area contributed by atoms with Crippen LogP contribution in [0.4, 0.5) is 17.6 Å². The van der Waals surface area contributed by atoms with Gasteiger partial charge in [-0.2, -0.15) is 20.5 Å². The van der Waals surface area contributed by atoms with Crippen molar-refractivity contribution in [2.75, 3.05) is 16.8 Å². The van der Waals surface area contributed by atoms with Gasteiger partial charge in [0.25, 0.3) is 5.56 Å². The van der Waals surface area contributed by atoms with E-state index in [1.807, 2.05) is 12.1 Å². The number of hydrogen-bond acceptors (Lipinski definition) is 10. The number of nitrogen functional groups attached to an aromatic ring is 2. The monoisotopic (exact) mass is 458 g/mol. The van der Waals surface area contributed by atoms with Crippen LogP contribution in [0.25, 0.3) is 16.6 Å². The van der Waals surface area contributed by atoms with E-state index in [1.165, 1.54) is 23.0 Å². The topological polar surface area (TPSA) is 185 Å². The molecule has 12 heteroatoms. The predicted molar refractivity (Wildman–Crippen MR) is 122 cm³/mol. The number of anilines is 3. The summed E-state index contributed by atoms with van der Waals surface area (Å²) >= 11 is 6.30. The van der Waals surface area contributed by atoms with Gasteiger partial charge in [-0.1, -0.05) is 17.7 Å². The number of pyridine rings is 1. The molecule has 4 aromatic rings. The van der Waals surface area contributed by atoms with Crippen LogP contribution in [0.15, 0.2) is 41.5 Å². The minimum atomic E-state index is -0.673. The number of fused-ring (bicyclic) bond motifs is 1. The van der Waals surface area contributed by atoms with Crippen molar-refractivity contribution < 1.29 is 0 Å². The summed E-state index contributed by atoms with van der Waals surface area (Å²) in [5.74, 6) is 0.140. The molecule has 0 amide bonds. The summed E-state index contributed by atoms with van der Waals surface area (Å²) in [5.41, 5.74) is 12.0. The Morgan fingerprint density at radius 1 is 1.15 bits per heavy atom. The van der Waals surface area contributed by atoms with Crippen LogP contribution < -0.4 is 22.3 Å². The van der Waals surface area contributed by atoms with Crippen LogP contribution in [-0.2, 0) is 0 Å². The summed E-state index contributed by atoms with van der Waals surface area (Å²) in [4.78, 5) is 30.1. The second kappa shape index (κ2) is 8.42. The van der Waals surface area contributed by atoms with Crippen LogP contribution >= 0.6 is 11.6 Å². The van der Waals surface area contributed by atoms with Crippen molar-refractivity contribution in [3.63, 3.8) is 0 Å². The molecule has 0 saturated heterocycles. The highest BCUT2D eigenvalue weighted by atomic mass is 35.5. The standard InChI is InChI=1S/C21H15ClN10O/c1-10(28-18-13(7-24)17(25)30-21(26)31-18)19-29-15-4-2-3-14(22)16(15)20(33)32(19)12-5-11(6-23)8-27-9-12/h2-5,8-10H,1H3,(H5,25,26,28,30,31)/t10-/m0/s1. The van der Waals surface area contributed by atoms with Crippen molar-refractivity contribution in [2.24, 2.45) is 0 Å². The van der Waals surface area contributed by atoms with E-state index in [0.717, 1.165) is 0 Å². The molecular weight excluding hydrogens is 444 g/mol. The minimum absolute atomic E-state index is 0.00178. The fraction of sp³-hybridized carbons (Fsp3) is 0.0952. The Bertz CT molecular complexity index is 1550. The lowest BCUT2D eigenvalue weighted by Gasteiger charge is -2.21. The number of aromatic nitrogens is 5. The molecule has 0 saturated carbocycles. The molecule has 0 unspecified atom stereocenters. The summed E-state index contributed by atoms with van der Waals surface area (Å²) in [7, 11) is 0. The first kappa shape index (κ1) is 21.5. The highest BCUT2D eigenvalue weighted by Gasteiger charge is 2.22. The zero-order valence-electron chi connectivity index (χ0n) is 17.1. The van der Waals surface area contributed by atoms with Crippen LogP contribution in [0, 0.1) is 22.7 Å². The summed E-state index contributed by atoms with van der Waals surface area (Å²) in [5, 5.41) is 22.2. The lowest BCUT2D eigenvalue weighted by molar-refractivity contribution is 0.729. The average molecular weight is 459 g/mol. The van der Waals surface area contributed by atoms with Gasteiger partial charge in [0.05, 0.1) is 39.4 Å². The normalized spacial score (nSPS) is 11.5. The fourth-order valence-electron chi connectivity index (χ4n) is 3.34. The first-order valence-corrected chi connectivity index (χ1v) is 9.88. The van der Waals surface area contributed by atoms with Crippen molar-refractivity contribution in [2.45, 2.75) is 13.0 Å². The number of benzene rings is 1. The maximum Gasteiger partial charge on any atom is 0.267 e. The zero-order chi connectivity index (χ0) is 23.7. The Balaban J connectivity index is 1.96. The number of rotatable bonds is 4. The second-order valence-electron chi connectivity index (χ2n) is 6.96. The van der Waals surface area contributed by atoms with Crippen molar-refractivity contribution >= 4 is 40.1 Å². The first-order valence-electron chi connectivity index (χ1n) is 9.50. The third kappa shape index (κ3) is 3.84. The third-order valence-corrected chi connectivity index (χ3v) is 5.11. The maximum absolute atomic E-state index is 13.5. The highest BCUT2D eigenvalue weighted by molar-refractivity contribution is 6.35. The van der Waals surface area contributed by atoms with Crippen LogP contribution in [0.5, 0.6) is 0 Å². The Morgan fingerprint density at radius 3 is 2.67 bits per heavy atom. The summed E-state index contributed by atoms with van der Waals surface area (Å²) in [6.45, 7) is 1.71. The number of nitriles is 2. The molecule has 3 aromatic heterocycles. The smallest absolute Gasteiger partial charge is 0.267 e. The molecule has 0 radical (unpaired) electrons. The first-order chi connectivity index (χ1) is 15.8. The van der Waals surface area contributed by atoms with E-state index in [9.17, 15) is 15.3 Å². The second-order valence-corrected chi connectivity index (χ2v) is 7.36. The van der Waals surface area contributed by atoms with E-state index < -0.39 is 11.6 Å². The Labute approximate surface area is 191 Å². The highest BCUT2D eigenvalue weighted by Crippen LogP contribution is 2.26. The van der Waals surface area contributed by atoms with Gasteiger partial charge in [0.1, 0.15) is 29.3 Å². The van der Waals surface area contributed by atoms with E-state index in [2.05, 4.69) is 25.3 Å². The lowest BCUT2D eigenvalue weighted by Crippen LogP contribution is -2.28. The predicted octanol–water partition coefficient (Wildman–Crippen LogP) is 2.30. The summed E-state index contributed by atoms with van der Waals surface area (Å²) in [6.07, 6.45) is 2.81. The van der Waals surface area contributed by atoms with Gasteiger partial charge < -0.3 is 16.8 Å². The molecule has 0 fully saturated rings. The molecule has 4 rings (SSSR count). The van der Waals surface area contributed by atoms with Crippen LogP contribution in [0.1, 0.15) is 29.9 Å². The summed E-state index contributed by atoms with van der Waals surface area (Å²) in [6, 6.07) is 9.71. The lowest BCUT2D eigenvalue weighted by atomic mass is 10.2. The molecule has 11 nitrogen and oxygen atoms in total. The molecule has 1 aromatic carbocycles. The average Bonchev–Trinajstić information content (AvgIpc) is 2.78. The van der Waals surface area contributed by atoms with Gasteiger partial charge in [-0.15, -0.1) is 0 Å². The molecule has 33 heavy (non-hydrogen) atoms. The number of nitrogens with two attached hydrogens (primary N) is 2. The van der Waals surface area contributed by atoms with Crippen molar-refractivity contribution in [3.05, 3.63) is 69.0 Å². The van der Waals surface area contributed by atoms with Gasteiger partial charge in [0.2, 0.25) is 5.95 Å².